The van der Waals surface area contributed by atoms with Gasteiger partial charge in [0.2, 0.25) is 5.89 Å². The second kappa shape index (κ2) is 5.64. The lowest BCUT2D eigenvalue weighted by Crippen LogP contribution is -2.23. The molecule has 2 rings (SSSR count). The highest BCUT2D eigenvalue weighted by atomic mass is 35.5. The van der Waals surface area contributed by atoms with E-state index in [2.05, 4.69) is 15.3 Å². The largest absolute Gasteiger partial charge is 0.444 e. The molecule has 94 valence electrons. The quantitative estimate of drug-likeness (QED) is 0.861. The summed E-state index contributed by atoms with van der Waals surface area (Å²) in [5.74, 6) is 0.955. The standard InChI is InChI=1S/C12H12ClN3O2/c1-2-8-6-14-11(18-8)7-15-12(17)9-4-3-5-10(13)16-9/h3-6H,2,7H2,1H3,(H,15,17). The van der Waals surface area contributed by atoms with E-state index in [-0.39, 0.29) is 23.3 Å². The van der Waals surface area contributed by atoms with E-state index in [0.717, 1.165) is 12.2 Å². The number of halogens is 1. The van der Waals surface area contributed by atoms with Crippen molar-refractivity contribution in [1.82, 2.24) is 15.3 Å². The topological polar surface area (TPSA) is 68.0 Å². The predicted octanol–water partition coefficient (Wildman–Crippen LogP) is 2.22. The molecule has 0 spiro atoms. The first-order valence-corrected chi connectivity index (χ1v) is 5.91. The molecule has 0 bridgehead atoms. The molecule has 2 heterocycles. The zero-order valence-electron chi connectivity index (χ0n) is 9.81. The predicted molar refractivity (Wildman–Crippen MR) is 66.3 cm³/mol. The minimum atomic E-state index is -0.311. The van der Waals surface area contributed by atoms with E-state index in [9.17, 15) is 4.79 Å². The van der Waals surface area contributed by atoms with Crippen molar-refractivity contribution < 1.29 is 9.21 Å². The third-order valence-corrected chi connectivity index (χ3v) is 2.51. The molecule has 1 amide bonds. The van der Waals surface area contributed by atoms with Gasteiger partial charge < -0.3 is 9.73 Å². The number of aromatic nitrogens is 2. The van der Waals surface area contributed by atoms with Gasteiger partial charge >= 0.3 is 0 Å². The van der Waals surface area contributed by atoms with Crippen molar-refractivity contribution in [3.63, 3.8) is 0 Å². The van der Waals surface area contributed by atoms with Gasteiger partial charge in [-0.25, -0.2) is 9.97 Å². The van der Waals surface area contributed by atoms with Gasteiger partial charge in [0.05, 0.1) is 12.7 Å². The van der Waals surface area contributed by atoms with Crippen molar-refractivity contribution >= 4 is 17.5 Å². The summed E-state index contributed by atoms with van der Waals surface area (Å²) >= 11 is 5.71. The number of hydrogen-bond donors (Lipinski definition) is 1. The Morgan fingerprint density at radius 1 is 1.50 bits per heavy atom. The van der Waals surface area contributed by atoms with Crippen molar-refractivity contribution in [2.75, 3.05) is 0 Å². The molecule has 0 aliphatic heterocycles. The molecule has 0 saturated heterocycles. The maximum atomic E-state index is 11.7. The fourth-order valence-electron chi connectivity index (χ4n) is 1.37. The molecule has 0 aromatic carbocycles. The number of carbonyl (C=O) groups is 1. The fourth-order valence-corrected chi connectivity index (χ4v) is 1.54. The van der Waals surface area contributed by atoms with Gasteiger partial charge in [-0.15, -0.1) is 0 Å². The number of hydrogen-bond acceptors (Lipinski definition) is 4. The molecule has 5 nitrogen and oxygen atoms in total. The first kappa shape index (κ1) is 12.6. The molecule has 2 aromatic heterocycles. The molecule has 0 aliphatic rings. The SMILES string of the molecule is CCc1cnc(CNC(=O)c2cccc(Cl)n2)o1. The number of oxazole rings is 1. The normalized spacial score (nSPS) is 10.3. The van der Waals surface area contributed by atoms with Crippen LogP contribution in [-0.2, 0) is 13.0 Å². The Balaban J connectivity index is 1.96. The average molecular weight is 266 g/mol. The number of nitrogens with one attached hydrogen (secondary N) is 1. The maximum absolute atomic E-state index is 11.7. The van der Waals surface area contributed by atoms with Crippen molar-refractivity contribution in [1.29, 1.82) is 0 Å². The Bertz CT molecular complexity index is 554. The number of nitrogens with zero attached hydrogens (tertiary/aromatic N) is 2. The van der Waals surface area contributed by atoms with Crippen LogP contribution in [0, 0.1) is 0 Å². The van der Waals surface area contributed by atoms with Gasteiger partial charge in [0.25, 0.3) is 5.91 Å². The molecule has 0 aliphatic carbocycles. The lowest BCUT2D eigenvalue weighted by atomic mass is 10.3. The Kier molecular flexibility index (Phi) is 3.94. The lowest BCUT2D eigenvalue weighted by Gasteiger charge is -2.02. The molecular weight excluding hydrogens is 254 g/mol. The molecule has 0 saturated carbocycles. The van der Waals surface area contributed by atoms with E-state index in [1.54, 1.807) is 24.4 Å². The molecule has 18 heavy (non-hydrogen) atoms. The van der Waals surface area contributed by atoms with Crippen LogP contribution in [0.25, 0.3) is 0 Å². The first-order chi connectivity index (χ1) is 8.69. The minimum Gasteiger partial charge on any atom is -0.444 e. The third-order valence-electron chi connectivity index (χ3n) is 2.30. The molecular formula is C12H12ClN3O2. The van der Waals surface area contributed by atoms with Gasteiger partial charge in [0.1, 0.15) is 16.6 Å². The van der Waals surface area contributed by atoms with Crippen molar-refractivity contribution in [2.45, 2.75) is 19.9 Å². The number of aryl methyl sites for hydroxylation is 1. The molecule has 1 N–H and O–H groups in total. The van der Waals surface area contributed by atoms with Crippen LogP contribution in [0.2, 0.25) is 5.15 Å². The summed E-state index contributed by atoms with van der Waals surface area (Å²) < 4.78 is 5.37. The highest BCUT2D eigenvalue weighted by Gasteiger charge is 2.09. The maximum Gasteiger partial charge on any atom is 0.270 e. The van der Waals surface area contributed by atoms with Gasteiger partial charge in [-0.05, 0) is 12.1 Å². The molecule has 0 atom stereocenters. The van der Waals surface area contributed by atoms with Crippen LogP contribution < -0.4 is 5.32 Å². The Morgan fingerprint density at radius 2 is 2.33 bits per heavy atom. The number of amides is 1. The van der Waals surface area contributed by atoms with Gasteiger partial charge in [-0.3, -0.25) is 4.79 Å². The first-order valence-electron chi connectivity index (χ1n) is 5.53. The van der Waals surface area contributed by atoms with Crippen LogP contribution in [0.3, 0.4) is 0 Å². The van der Waals surface area contributed by atoms with E-state index in [4.69, 9.17) is 16.0 Å². The smallest absolute Gasteiger partial charge is 0.270 e. The van der Waals surface area contributed by atoms with E-state index < -0.39 is 0 Å². The number of rotatable bonds is 4. The van der Waals surface area contributed by atoms with Gasteiger partial charge in [-0.2, -0.15) is 0 Å². The second-order valence-corrected chi connectivity index (χ2v) is 3.99. The molecule has 0 radical (unpaired) electrons. The monoisotopic (exact) mass is 265 g/mol. The summed E-state index contributed by atoms with van der Waals surface area (Å²) in [6.45, 7) is 2.20. The van der Waals surface area contributed by atoms with E-state index in [0.29, 0.717) is 5.89 Å². The van der Waals surface area contributed by atoms with Crippen LogP contribution in [0.1, 0.15) is 29.1 Å². The van der Waals surface area contributed by atoms with E-state index >= 15 is 0 Å². The summed E-state index contributed by atoms with van der Waals surface area (Å²) in [7, 11) is 0. The Labute approximate surface area is 109 Å². The van der Waals surface area contributed by atoms with Crippen LogP contribution in [0.4, 0.5) is 0 Å². The van der Waals surface area contributed by atoms with Crippen LogP contribution in [0.15, 0.2) is 28.8 Å². The van der Waals surface area contributed by atoms with Crippen LogP contribution in [0.5, 0.6) is 0 Å². The second-order valence-electron chi connectivity index (χ2n) is 3.60. The van der Waals surface area contributed by atoms with Crippen LogP contribution >= 0.6 is 11.6 Å². The molecule has 6 heteroatoms. The summed E-state index contributed by atoms with van der Waals surface area (Å²) in [4.78, 5) is 19.7. The van der Waals surface area contributed by atoms with Crippen molar-refractivity contribution in [3.8, 4) is 0 Å². The highest BCUT2D eigenvalue weighted by Crippen LogP contribution is 2.06. The highest BCUT2D eigenvalue weighted by molar-refractivity contribution is 6.29. The average Bonchev–Trinajstić information content (AvgIpc) is 2.84. The van der Waals surface area contributed by atoms with Gasteiger partial charge in [0.15, 0.2) is 0 Å². The Morgan fingerprint density at radius 3 is 3.00 bits per heavy atom. The molecule has 0 fully saturated rings. The third kappa shape index (κ3) is 3.07. The summed E-state index contributed by atoms with van der Waals surface area (Å²) in [5.41, 5.74) is 0.268. The number of carbonyl (C=O) groups excluding carboxylic acids is 1. The number of pyridine rings is 1. The molecule has 0 unspecified atom stereocenters. The van der Waals surface area contributed by atoms with Gasteiger partial charge in [-0.1, -0.05) is 24.6 Å². The molecule has 2 aromatic rings. The fraction of sp³-hybridized carbons (Fsp3) is 0.250. The van der Waals surface area contributed by atoms with Crippen molar-refractivity contribution in [2.24, 2.45) is 0 Å². The zero-order valence-corrected chi connectivity index (χ0v) is 10.6. The van der Waals surface area contributed by atoms with E-state index in [1.807, 2.05) is 6.92 Å². The van der Waals surface area contributed by atoms with E-state index in [1.165, 1.54) is 0 Å². The lowest BCUT2D eigenvalue weighted by molar-refractivity contribution is 0.0942. The summed E-state index contributed by atoms with van der Waals surface area (Å²) in [6.07, 6.45) is 2.43. The Hall–Kier alpha value is -1.88. The minimum absolute atomic E-state index is 0.229. The summed E-state index contributed by atoms with van der Waals surface area (Å²) in [6, 6.07) is 4.87. The van der Waals surface area contributed by atoms with Crippen LogP contribution in [-0.4, -0.2) is 15.9 Å². The van der Waals surface area contributed by atoms with Crippen molar-refractivity contribution in [3.05, 3.63) is 46.9 Å². The van der Waals surface area contributed by atoms with Gasteiger partial charge in [0, 0.05) is 6.42 Å². The zero-order chi connectivity index (χ0) is 13.0. The summed E-state index contributed by atoms with van der Waals surface area (Å²) in [5, 5.41) is 2.95.